The third-order valence-corrected chi connectivity index (χ3v) is 5.07. The third kappa shape index (κ3) is 3.97. The molecule has 0 saturated heterocycles. The molecule has 2 heterocycles. The van der Waals surface area contributed by atoms with Gasteiger partial charge in [0.2, 0.25) is 0 Å². The van der Waals surface area contributed by atoms with Crippen LogP contribution in [0.5, 0.6) is 0 Å². The van der Waals surface area contributed by atoms with Crippen molar-refractivity contribution in [1.29, 1.82) is 0 Å². The van der Waals surface area contributed by atoms with Gasteiger partial charge in [-0.3, -0.25) is 4.79 Å². The number of methoxy groups -OCH3 is 1. The average molecular weight is 453 g/mol. The molecule has 2 aromatic heterocycles. The van der Waals surface area contributed by atoms with E-state index in [1.807, 2.05) is 18.2 Å². The van der Waals surface area contributed by atoms with Gasteiger partial charge in [0, 0.05) is 0 Å². The molecule has 0 aliphatic rings. The van der Waals surface area contributed by atoms with E-state index in [1.54, 1.807) is 19.1 Å². The van der Waals surface area contributed by atoms with Crippen molar-refractivity contribution in [2.45, 2.75) is 13.5 Å². The molecule has 0 fully saturated rings. The molecule has 162 valence electrons. The second-order valence-electron chi connectivity index (χ2n) is 6.81. The number of nitrogens with zero attached hydrogens (tertiary/aromatic N) is 3. The topological polar surface area (TPSA) is 116 Å². The Labute approximate surface area is 186 Å². The van der Waals surface area contributed by atoms with E-state index >= 15 is 0 Å². The Morgan fingerprint density at radius 1 is 1.12 bits per heavy atom. The number of fused-ring (bicyclic) bond motifs is 1. The first-order valence-corrected chi connectivity index (χ1v) is 9.85. The first kappa shape index (κ1) is 21.3. The maximum absolute atomic E-state index is 12.7. The highest BCUT2D eigenvalue weighted by molar-refractivity contribution is 6.33. The number of halogens is 1. The number of carbonyl (C=O) groups excluding carboxylic acids is 2. The van der Waals surface area contributed by atoms with Gasteiger partial charge in [-0.05, 0) is 37.3 Å². The minimum Gasteiger partial charge on any atom is -0.465 e. The number of aromatic amines is 1. The molecule has 0 spiro atoms. The summed E-state index contributed by atoms with van der Waals surface area (Å²) < 4.78 is 11.5. The van der Waals surface area contributed by atoms with Gasteiger partial charge in [0.1, 0.15) is 23.1 Å². The second kappa shape index (κ2) is 8.64. The van der Waals surface area contributed by atoms with Crippen LogP contribution in [-0.2, 0) is 16.1 Å². The van der Waals surface area contributed by atoms with E-state index in [-0.39, 0.29) is 39.6 Å². The summed E-state index contributed by atoms with van der Waals surface area (Å²) in [5, 5.41) is 4.71. The molecule has 0 aliphatic heterocycles. The number of nitrogens with one attached hydrogen (secondary N) is 1. The molecule has 1 N–H and O–H groups in total. The van der Waals surface area contributed by atoms with Crippen molar-refractivity contribution in [3.8, 4) is 5.69 Å². The van der Waals surface area contributed by atoms with E-state index in [0.29, 0.717) is 11.4 Å². The van der Waals surface area contributed by atoms with E-state index in [0.717, 1.165) is 0 Å². The van der Waals surface area contributed by atoms with Gasteiger partial charge in [-0.2, -0.15) is 5.10 Å². The van der Waals surface area contributed by atoms with Gasteiger partial charge < -0.3 is 14.5 Å². The van der Waals surface area contributed by atoms with Crippen LogP contribution in [0, 0.1) is 6.92 Å². The number of hydrogen-bond donors (Lipinski definition) is 1. The van der Waals surface area contributed by atoms with Crippen LogP contribution in [-0.4, -0.2) is 38.8 Å². The van der Waals surface area contributed by atoms with Crippen molar-refractivity contribution in [2.75, 3.05) is 7.11 Å². The second-order valence-corrected chi connectivity index (χ2v) is 7.17. The summed E-state index contributed by atoms with van der Waals surface area (Å²) in [6.45, 7) is 1.34. The number of para-hydroxylation sites is 1. The summed E-state index contributed by atoms with van der Waals surface area (Å²) in [5.41, 5.74) is 1.30. The highest BCUT2D eigenvalue weighted by atomic mass is 35.5. The van der Waals surface area contributed by atoms with Crippen molar-refractivity contribution >= 4 is 34.4 Å². The maximum Gasteiger partial charge on any atom is 0.343 e. The number of ether oxygens (including phenoxy) is 2. The summed E-state index contributed by atoms with van der Waals surface area (Å²) in [6.07, 6.45) is 0. The number of rotatable bonds is 5. The molecule has 0 atom stereocenters. The van der Waals surface area contributed by atoms with Crippen molar-refractivity contribution in [2.24, 2.45) is 0 Å². The molecule has 0 aliphatic carbocycles. The van der Waals surface area contributed by atoms with Gasteiger partial charge in [-0.15, -0.1) is 0 Å². The summed E-state index contributed by atoms with van der Waals surface area (Å²) in [5.74, 6) is -1.15. The van der Waals surface area contributed by atoms with Gasteiger partial charge in [-0.25, -0.2) is 19.3 Å². The molecule has 2 aromatic carbocycles. The number of aryl methyl sites for hydroxylation is 1. The zero-order chi connectivity index (χ0) is 22.8. The number of hydrogen-bond acceptors (Lipinski definition) is 7. The van der Waals surface area contributed by atoms with Crippen LogP contribution in [0.15, 0.2) is 53.3 Å². The van der Waals surface area contributed by atoms with Crippen molar-refractivity contribution in [3.05, 3.63) is 86.7 Å². The Kier molecular flexibility index (Phi) is 5.74. The molecule has 0 bridgehead atoms. The smallest absolute Gasteiger partial charge is 0.343 e. The van der Waals surface area contributed by atoms with Crippen LogP contribution in [0.3, 0.4) is 0 Å². The van der Waals surface area contributed by atoms with E-state index < -0.39 is 17.5 Å². The molecule has 4 aromatic rings. The predicted octanol–water partition coefficient (Wildman–Crippen LogP) is 3.21. The SMILES string of the molecule is COC(=O)c1ccc2c(=O)[nH]c(COC(=O)c3c(C)nn(-c4ccccc4)c3Cl)nc2c1. The van der Waals surface area contributed by atoms with Crippen molar-refractivity contribution in [1.82, 2.24) is 19.7 Å². The largest absolute Gasteiger partial charge is 0.465 e. The fraction of sp³-hybridized carbons (Fsp3) is 0.136. The van der Waals surface area contributed by atoms with Gasteiger partial charge in [0.15, 0.2) is 0 Å². The first-order chi connectivity index (χ1) is 15.4. The zero-order valence-corrected chi connectivity index (χ0v) is 17.8. The molecule has 0 unspecified atom stereocenters. The summed E-state index contributed by atoms with van der Waals surface area (Å²) in [7, 11) is 1.26. The van der Waals surface area contributed by atoms with E-state index in [9.17, 15) is 14.4 Å². The van der Waals surface area contributed by atoms with Gasteiger partial charge in [0.25, 0.3) is 5.56 Å². The fourth-order valence-corrected chi connectivity index (χ4v) is 3.53. The number of esters is 2. The van der Waals surface area contributed by atoms with E-state index in [1.165, 1.54) is 30.0 Å². The monoisotopic (exact) mass is 452 g/mol. The molecule has 32 heavy (non-hydrogen) atoms. The number of carbonyl (C=O) groups is 2. The minimum absolute atomic E-state index is 0.112. The van der Waals surface area contributed by atoms with Crippen LogP contribution in [0.4, 0.5) is 0 Å². The predicted molar refractivity (Wildman–Crippen MR) is 116 cm³/mol. The fourth-order valence-electron chi connectivity index (χ4n) is 3.18. The summed E-state index contributed by atoms with van der Waals surface area (Å²) >= 11 is 6.39. The first-order valence-electron chi connectivity index (χ1n) is 9.48. The molecule has 10 heteroatoms. The number of benzene rings is 2. The standard InChI is InChI=1S/C22H17ClN4O5/c1-12-18(19(23)27(26-12)14-6-4-3-5-7-14)22(30)32-11-17-24-16-10-13(21(29)31-2)8-9-15(16)20(28)25-17/h3-10H,11H2,1-2H3,(H,24,25,28). The number of H-pyrrole nitrogens is 1. The Morgan fingerprint density at radius 3 is 2.59 bits per heavy atom. The molecule has 0 amide bonds. The molecule has 9 nitrogen and oxygen atoms in total. The number of aromatic nitrogens is 4. The Morgan fingerprint density at radius 2 is 1.88 bits per heavy atom. The molecule has 0 saturated carbocycles. The van der Waals surface area contributed by atoms with E-state index in [2.05, 4.69) is 19.8 Å². The molecule has 4 rings (SSSR count). The van der Waals surface area contributed by atoms with Crippen LogP contribution < -0.4 is 5.56 Å². The Bertz CT molecular complexity index is 1390. The highest BCUT2D eigenvalue weighted by Crippen LogP contribution is 2.24. The van der Waals surface area contributed by atoms with E-state index in [4.69, 9.17) is 16.3 Å². The third-order valence-electron chi connectivity index (χ3n) is 4.73. The quantitative estimate of drug-likeness (QED) is 0.462. The Balaban J connectivity index is 1.59. The minimum atomic E-state index is -0.708. The lowest BCUT2D eigenvalue weighted by atomic mass is 10.1. The van der Waals surface area contributed by atoms with Gasteiger partial charge in [-0.1, -0.05) is 29.8 Å². The van der Waals surface area contributed by atoms with Crippen LogP contribution >= 0.6 is 11.6 Å². The van der Waals surface area contributed by atoms with Crippen LogP contribution in [0.1, 0.15) is 32.2 Å². The highest BCUT2D eigenvalue weighted by Gasteiger charge is 2.23. The van der Waals surface area contributed by atoms with Gasteiger partial charge in [0.05, 0.1) is 35.0 Å². The van der Waals surface area contributed by atoms with Crippen LogP contribution in [0.25, 0.3) is 16.6 Å². The van der Waals surface area contributed by atoms with Gasteiger partial charge >= 0.3 is 11.9 Å². The lowest BCUT2D eigenvalue weighted by molar-refractivity contribution is 0.0461. The molecule has 0 radical (unpaired) electrons. The summed E-state index contributed by atoms with van der Waals surface area (Å²) in [4.78, 5) is 43.6. The maximum atomic E-state index is 12.7. The molecular formula is C22H17ClN4O5. The lowest BCUT2D eigenvalue weighted by Gasteiger charge is -2.07. The van der Waals surface area contributed by atoms with Crippen LogP contribution in [0.2, 0.25) is 5.15 Å². The normalized spacial score (nSPS) is 10.8. The van der Waals surface area contributed by atoms with Crippen molar-refractivity contribution < 1.29 is 19.1 Å². The molecular weight excluding hydrogens is 436 g/mol. The zero-order valence-electron chi connectivity index (χ0n) is 17.1. The summed E-state index contributed by atoms with van der Waals surface area (Å²) in [6, 6.07) is 13.5. The lowest BCUT2D eigenvalue weighted by Crippen LogP contribution is -2.15. The Hall–Kier alpha value is -3.98. The average Bonchev–Trinajstić information content (AvgIpc) is 3.11. The van der Waals surface area contributed by atoms with Crippen molar-refractivity contribution in [3.63, 3.8) is 0 Å².